The third-order valence-electron chi connectivity index (χ3n) is 3.29. The number of hydrogen-bond donors (Lipinski definition) is 1. The summed E-state index contributed by atoms with van der Waals surface area (Å²) < 4.78 is 11.1. The molecule has 0 aromatic rings. The summed E-state index contributed by atoms with van der Waals surface area (Å²) in [6, 6.07) is -0.451. The Balaban J connectivity index is 2.67. The van der Waals surface area contributed by atoms with Crippen LogP contribution < -0.4 is 5.32 Å². The van der Waals surface area contributed by atoms with Crippen LogP contribution in [-0.2, 0) is 20.4 Å². The zero-order chi connectivity index (χ0) is 14.6. The van der Waals surface area contributed by atoms with Crippen molar-refractivity contribution in [1.29, 1.82) is 0 Å². The van der Waals surface area contributed by atoms with Crippen LogP contribution >= 0.6 is 0 Å². The molecule has 0 aliphatic carbocycles. The van der Waals surface area contributed by atoms with Crippen LogP contribution in [0.1, 0.15) is 33.6 Å². The zero-order valence-corrected chi connectivity index (χ0v) is 13.0. The number of nitrogens with zero attached hydrogens (tertiary/aromatic N) is 1. The van der Waals surface area contributed by atoms with Gasteiger partial charge >= 0.3 is 0 Å². The molecule has 3 atom stereocenters. The molecule has 1 fully saturated rings. The van der Waals surface area contributed by atoms with Gasteiger partial charge in [0.2, 0.25) is 11.8 Å². The van der Waals surface area contributed by atoms with E-state index in [2.05, 4.69) is 5.32 Å². The first-order valence-corrected chi connectivity index (χ1v) is 8.43. The molecule has 6 heteroatoms. The van der Waals surface area contributed by atoms with Crippen LogP contribution in [0.4, 0.5) is 0 Å². The second kappa shape index (κ2) is 7.03. The molecule has 110 valence electrons. The van der Waals surface area contributed by atoms with Crippen molar-refractivity contribution in [2.45, 2.75) is 45.7 Å². The first-order valence-electron chi connectivity index (χ1n) is 6.71. The van der Waals surface area contributed by atoms with E-state index >= 15 is 0 Å². The molecule has 0 aromatic carbocycles. The number of hydrogen-bond acceptors (Lipinski definition) is 3. The molecule has 1 rings (SSSR count). The van der Waals surface area contributed by atoms with Crippen molar-refractivity contribution in [1.82, 2.24) is 10.2 Å². The normalized spacial score (nSPS) is 23.4. The Morgan fingerprint density at radius 3 is 2.53 bits per heavy atom. The zero-order valence-electron chi connectivity index (χ0n) is 12.1. The predicted octanol–water partition coefficient (Wildman–Crippen LogP) is 0.517. The molecule has 5 nitrogen and oxygen atoms in total. The molecule has 0 radical (unpaired) electrons. The average Bonchev–Trinajstić information content (AvgIpc) is 2.29. The molecule has 2 amide bonds. The van der Waals surface area contributed by atoms with Crippen molar-refractivity contribution in [2.24, 2.45) is 5.92 Å². The van der Waals surface area contributed by atoms with Gasteiger partial charge in [-0.2, -0.15) is 0 Å². The number of rotatable bonds is 6. The van der Waals surface area contributed by atoms with Crippen molar-refractivity contribution < 1.29 is 13.8 Å². The van der Waals surface area contributed by atoms with Crippen molar-refractivity contribution in [3.63, 3.8) is 0 Å². The van der Waals surface area contributed by atoms with Gasteiger partial charge in [0.15, 0.2) is 0 Å². The molecule has 1 heterocycles. The Morgan fingerprint density at radius 1 is 1.37 bits per heavy atom. The average molecular weight is 288 g/mol. The number of piperazine rings is 1. The Hall–Kier alpha value is -0.910. The van der Waals surface area contributed by atoms with Crippen LogP contribution in [0.2, 0.25) is 0 Å². The summed E-state index contributed by atoms with van der Waals surface area (Å²) in [7, 11) is -0.867. The molecule has 1 saturated heterocycles. The number of amides is 2. The van der Waals surface area contributed by atoms with Gasteiger partial charge in [-0.25, -0.2) is 0 Å². The van der Waals surface area contributed by atoms with E-state index in [0.717, 1.165) is 0 Å². The molecule has 3 unspecified atom stereocenters. The van der Waals surface area contributed by atoms with Crippen LogP contribution in [0.15, 0.2) is 0 Å². The van der Waals surface area contributed by atoms with E-state index < -0.39 is 16.8 Å². The van der Waals surface area contributed by atoms with Crippen LogP contribution in [0.3, 0.4) is 0 Å². The highest BCUT2D eigenvalue weighted by atomic mass is 32.2. The smallest absolute Gasteiger partial charge is 0.245 e. The van der Waals surface area contributed by atoms with Gasteiger partial charge in [-0.15, -0.1) is 0 Å². The second-order valence-corrected chi connectivity index (χ2v) is 7.19. The van der Waals surface area contributed by atoms with Gasteiger partial charge in [0.25, 0.3) is 0 Å². The highest BCUT2D eigenvalue weighted by Gasteiger charge is 2.35. The standard InChI is InChI=1S/C13H24N2O3S/c1-9(2)7-11-13(17)15(8-12(16)14-11)10(3)5-6-19(4)18/h9-11H,5-8H2,1-4H3,(H,14,16). The molecule has 1 aliphatic rings. The first-order chi connectivity index (χ1) is 8.81. The van der Waals surface area contributed by atoms with Gasteiger partial charge in [0, 0.05) is 28.9 Å². The van der Waals surface area contributed by atoms with Crippen molar-refractivity contribution in [3.05, 3.63) is 0 Å². The lowest BCUT2D eigenvalue weighted by molar-refractivity contribution is -0.146. The van der Waals surface area contributed by atoms with Crippen LogP contribution in [-0.4, -0.2) is 51.6 Å². The summed E-state index contributed by atoms with van der Waals surface area (Å²) in [6.07, 6.45) is 2.98. The fourth-order valence-corrected chi connectivity index (χ4v) is 2.90. The fourth-order valence-electron chi connectivity index (χ4n) is 2.23. The summed E-state index contributed by atoms with van der Waals surface area (Å²) in [6.45, 7) is 6.09. The predicted molar refractivity (Wildman–Crippen MR) is 76.1 cm³/mol. The molecule has 0 spiro atoms. The molecular formula is C13H24N2O3S. The maximum atomic E-state index is 12.3. The highest BCUT2D eigenvalue weighted by Crippen LogP contribution is 2.15. The van der Waals surface area contributed by atoms with Crippen LogP contribution in [0.25, 0.3) is 0 Å². The monoisotopic (exact) mass is 288 g/mol. The summed E-state index contributed by atoms with van der Waals surface area (Å²) in [5, 5.41) is 2.76. The SMILES string of the molecule is CC(C)CC1NC(=O)CN(C(C)CCS(C)=O)C1=O. The van der Waals surface area contributed by atoms with Crippen LogP contribution in [0.5, 0.6) is 0 Å². The van der Waals surface area contributed by atoms with E-state index in [1.54, 1.807) is 11.2 Å². The van der Waals surface area contributed by atoms with E-state index in [-0.39, 0.29) is 24.4 Å². The molecule has 0 bridgehead atoms. The molecular weight excluding hydrogens is 264 g/mol. The Labute approximate surface area is 117 Å². The van der Waals surface area contributed by atoms with Crippen molar-refractivity contribution in [2.75, 3.05) is 18.6 Å². The molecule has 0 aromatic heterocycles. The van der Waals surface area contributed by atoms with Gasteiger partial charge in [0.05, 0.1) is 6.54 Å². The summed E-state index contributed by atoms with van der Waals surface area (Å²) in [4.78, 5) is 25.6. The summed E-state index contributed by atoms with van der Waals surface area (Å²) >= 11 is 0. The van der Waals surface area contributed by atoms with Crippen LogP contribution in [0, 0.1) is 5.92 Å². The van der Waals surface area contributed by atoms with Gasteiger partial charge in [-0.05, 0) is 25.7 Å². The fraction of sp³-hybridized carbons (Fsp3) is 0.846. The maximum absolute atomic E-state index is 12.3. The highest BCUT2D eigenvalue weighted by molar-refractivity contribution is 7.84. The quantitative estimate of drug-likeness (QED) is 0.775. The summed E-state index contributed by atoms with van der Waals surface area (Å²) in [5.41, 5.74) is 0. The third kappa shape index (κ3) is 4.93. The third-order valence-corrected chi connectivity index (χ3v) is 4.10. The molecule has 0 saturated carbocycles. The van der Waals surface area contributed by atoms with Crippen molar-refractivity contribution >= 4 is 22.6 Å². The van der Waals surface area contributed by atoms with Gasteiger partial charge in [-0.3, -0.25) is 13.8 Å². The van der Waals surface area contributed by atoms with E-state index in [4.69, 9.17) is 0 Å². The minimum atomic E-state index is -0.867. The Morgan fingerprint density at radius 2 is 2.00 bits per heavy atom. The minimum Gasteiger partial charge on any atom is -0.343 e. The Kier molecular flexibility index (Phi) is 5.97. The van der Waals surface area contributed by atoms with E-state index in [0.29, 0.717) is 24.5 Å². The number of carbonyl (C=O) groups is 2. The van der Waals surface area contributed by atoms with Crippen molar-refractivity contribution in [3.8, 4) is 0 Å². The van der Waals surface area contributed by atoms with Gasteiger partial charge in [-0.1, -0.05) is 13.8 Å². The minimum absolute atomic E-state index is 0.0114. The van der Waals surface area contributed by atoms with E-state index in [1.807, 2.05) is 20.8 Å². The van der Waals surface area contributed by atoms with E-state index in [1.165, 1.54) is 0 Å². The maximum Gasteiger partial charge on any atom is 0.245 e. The summed E-state index contributed by atoms with van der Waals surface area (Å²) in [5.74, 6) is 0.798. The first kappa shape index (κ1) is 16.1. The second-order valence-electron chi connectivity index (χ2n) is 5.63. The lowest BCUT2D eigenvalue weighted by atomic mass is 10.00. The molecule has 19 heavy (non-hydrogen) atoms. The topological polar surface area (TPSA) is 66.5 Å². The lowest BCUT2D eigenvalue weighted by Gasteiger charge is -2.37. The number of carbonyl (C=O) groups excluding carboxylic acids is 2. The molecule has 1 aliphatic heterocycles. The van der Waals surface area contributed by atoms with Gasteiger partial charge < -0.3 is 10.2 Å². The van der Waals surface area contributed by atoms with E-state index in [9.17, 15) is 13.8 Å². The number of nitrogens with one attached hydrogen (secondary N) is 1. The molecule has 1 N–H and O–H groups in total. The van der Waals surface area contributed by atoms with Gasteiger partial charge in [0.1, 0.15) is 6.04 Å². The largest absolute Gasteiger partial charge is 0.343 e. The Bertz CT molecular complexity index is 371. The lowest BCUT2D eigenvalue weighted by Crippen LogP contribution is -2.60.